The topological polar surface area (TPSA) is 99.2 Å². The molecule has 0 bridgehead atoms. The largest absolute Gasteiger partial charge is 0.451 e. The SMILES string of the molecule is Cc1c(C(=O)N2CCC(c3cc(=O)[nH]c(=O)[nH]3)C2)oc2ccc(F)cc12. The molecule has 1 atom stereocenters. The number of furan rings is 1. The summed E-state index contributed by atoms with van der Waals surface area (Å²) in [7, 11) is 0. The average Bonchev–Trinajstić information content (AvgIpc) is 3.19. The molecule has 26 heavy (non-hydrogen) atoms. The molecule has 134 valence electrons. The van der Waals surface area contributed by atoms with Gasteiger partial charge in [-0.05, 0) is 31.5 Å². The average molecular weight is 357 g/mol. The summed E-state index contributed by atoms with van der Waals surface area (Å²) in [6, 6.07) is 5.48. The molecule has 0 radical (unpaired) electrons. The second-order valence-electron chi connectivity index (χ2n) is 6.48. The fraction of sp³-hybridized carbons (Fsp3) is 0.278. The molecule has 1 aliphatic heterocycles. The maximum atomic E-state index is 13.4. The van der Waals surface area contributed by atoms with E-state index >= 15 is 0 Å². The second kappa shape index (κ2) is 5.98. The summed E-state index contributed by atoms with van der Waals surface area (Å²) in [5, 5.41) is 0.572. The van der Waals surface area contributed by atoms with Crippen LogP contribution in [0.1, 0.15) is 34.2 Å². The van der Waals surface area contributed by atoms with Gasteiger partial charge in [0.05, 0.1) is 0 Å². The summed E-state index contributed by atoms with van der Waals surface area (Å²) in [5.74, 6) is -0.615. The van der Waals surface area contributed by atoms with E-state index in [-0.39, 0.29) is 23.4 Å². The van der Waals surface area contributed by atoms with Gasteiger partial charge in [-0.3, -0.25) is 14.6 Å². The molecule has 1 aromatic carbocycles. The van der Waals surface area contributed by atoms with Gasteiger partial charge in [0, 0.05) is 41.7 Å². The van der Waals surface area contributed by atoms with Crippen molar-refractivity contribution in [2.75, 3.05) is 13.1 Å². The van der Waals surface area contributed by atoms with Crippen molar-refractivity contribution in [3.8, 4) is 0 Å². The van der Waals surface area contributed by atoms with Crippen molar-refractivity contribution in [2.24, 2.45) is 0 Å². The lowest BCUT2D eigenvalue weighted by Crippen LogP contribution is -2.29. The van der Waals surface area contributed by atoms with Gasteiger partial charge in [0.1, 0.15) is 11.4 Å². The van der Waals surface area contributed by atoms with Crippen LogP contribution in [-0.2, 0) is 0 Å². The summed E-state index contributed by atoms with van der Waals surface area (Å²) >= 11 is 0. The zero-order valence-corrected chi connectivity index (χ0v) is 14.0. The lowest BCUT2D eigenvalue weighted by molar-refractivity contribution is 0.0760. The smallest absolute Gasteiger partial charge is 0.325 e. The number of nitrogens with zero attached hydrogens (tertiary/aromatic N) is 1. The molecule has 0 saturated carbocycles. The number of rotatable bonds is 2. The van der Waals surface area contributed by atoms with Crippen LogP contribution >= 0.6 is 0 Å². The number of H-pyrrole nitrogens is 2. The third-order valence-corrected chi connectivity index (χ3v) is 4.79. The number of carbonyl (C=O) groups excluding carboxylic acids is 1. The summed E-state index contributed by atoms with van der Waals surface area (Å²) in [6.45, 7) is 2.56. The lowest BCUT2D eigenvalue weighted by atomic mass is 10.1. The molecule has 3 heterocycles. The van der Waals surface area contributed by atoms with Gasteiger partial charge >= 0.3 is 5.69 Å². The van der Waals surface area contributed by atoms with Gasteiger partial charge in [0.15, 0.2) is 5.76 Å². The Labute approximate surface area is 146 Å². The molecule has 1 aliphatic rings. The summed E-state index contributed by atoms with van der Waals surface area (Å²) in [5.41, 5.74) is 0.535. The molecule has 0 aliphatic carbocycles. The van der Waals surface area contributed by atoms with Gasteiger partial charge in [-0.15, -0.1) is 0 Å². The van der Waals surface area contributed by atoms with Crippen LogP contribution in [0.4, 0.5) is 4.39 Å². The summed E-state index contributed by atoms with van der Waals surface area (Å²) < 4.78 is 19.1. The molecule has 1 unspecified atom stereocenters. The molecule has 1 fully saturated rings. The van der Waals surface area contributed by atoms with Gasteiger partial charge in [-0.1, -0.05) is 0 Å². The standard InChI is InChI=1S/C18H16FN3O4/c1-9-12-6-11(19)2-3-14(12)26-16(9)17(24)22-5-4-10(8-22)13-7-15(23)21-18(25)20-13/h2-3,6-7,10H,4-5,8H2,1H3,(H2,20,21,23,25). The number of aromatic nitrogens is 2. The third-order valence-electron chi connectivity index (χ3n) is 4.79. The fourth-order valence-corrected chi connectivity index (χ4v) is 3.45. The van der Waals surface area contributed by atoms with Crippen LogP contribution in [0.15, 0.2) is 38.3 Å². The minimum absolute atomic E-state index is 0.129. The number of carbonyl (C=O) groups is 1. The monoisotopic (exact) mass is 357 g/mol. The molecule has 4 rings (SSSR count). The molecule has 3 aromatic rings. The van der Waals surface area contributed by atoms with E-state index in [2.05, 4.69) is 9.97 Å². The van der Waals surface area contributed by atoms with E-state index in [1.807, 2.05) is 0 Å². The quantitative estimate of drug-likeness (QED) is 0.731. The molecular formula is C18H16FN3O4. The molecule has 8 heteroatoms. The number of aryl methyl sites for hydroxylation is 1. The number of hydrogen-bond acceptors (Lipinski definition) is 4. The number of benzene rings is 1. The van der Waals surface area contributed by atoms with Crippen LogP contribution in [0.2, 0.25) is 0 Å². The van der Waals surface area contributed by atoms with Gasteiger partial charge in [-0.2, -0.15) is 0 Å². The number of nitrogens with one attached hydrogen (secondary N) is 2. The van der Waals surface area contributed by atoms with Gasteiger partial charge in [0.2, 0.25) is 0 Å². The minimum Gasteiger partial charge on any atom is -0.451 e. The Balaban J connectivity index is 1.61. The van der Waals surface area contributed by atoms with Crippen molar-refractivity contribution < 1.29 is 13.6 Å². The van der Waals surface area contributed by atoms with Crippen LogP contribution in [0, 0.1) is 12.7 Å². The Morgan fingerprint density at radius 3 is 2.85 bits per heavy atom. The van der Waals surface area contributed by atoms with Crippen LogP contribution in [0.25, 0.3) is 11.0 Å². The highest BCUT2D eigenvalue weighted by Gasteiger charge is 2.31. The Morgan fingerprint density at radius 1 is 1.27 bits per heavy atom. The Morgan fingerprint density at radius 2 is 2.08 bits per heavy atom. The van der Waals surface area contributed by atoms with Crippen molar-refractivity contribution >= 4 is 16.9 Å². The fourth-order valence-electron chi connectivity index (χ4n) is 3.45. The van der Waals surface area contributed by atoms with E-state index in [4.69, 9.17) is 4.42 Å². The van der Waals surface area contributed by atoms with Crippen LogP contribution in [0.3, 0.4) is 0 Å². The molecule has 1 amide bonds. The first kappa shape index (κ1) is 16.3. The summed E-state index contributed by atoms with van der Waals surface area (Å²) in [6.07, 6.45) is 0.624. The molecular weight excluding hydrogens is 341 g/mol. The number of hydrogen-bond donors (Lipinski definition) is 2. The zero-order chi connectivity index (χ0) is 18.4. The first-order chi connectivity index (χ1) is 12.4. The van der Waals surface area contributed by atoms with Crippen molar-refractivity contribution in [1.82, 2.24) is 14.9 Å². The van der Waals surface area contributed by atoms with E-state index in [9.17, 15) is 18.8 Å². The van der Waals surface area contributed by atoms with Crippen molar-refractivity contribution in [2.45, 2.75) is 19.3 Å². The third kappa shape index (κ3) is 2.73. The molecule has 1 saturated heterocycles. The van der Waals surface area contributed by atoms with E-state index in [0.29, 0.717) is 41.7 Å². The predicted molar refractivity (Wildman–Crippen MR) is 91.9 cm³/mol. The second-order valence-corrected chi connectivity index (χ2v) is 6.48. The van der Waals surface area contributed by atoms with Crippen LogP contribution in [-0.4, -0.2) is 33.9 Å². The molecule has 7 nitrogen and oxygen atoms in total. The number of likely N-dealkylation sites (tertiary alicyclic amines) is 1. The number of halogens is 1. The van der Waals surface area contributed by atoms with Crippen molar-refractivity contribution in [3.05, 3.63) is 67.9 Å². The first-order valence-electron chi connectivity index (χ1n) is 8.24. The number of fused-ring (bicyclic) bond motifs is 1. The maximum Gasteiger partial charge on any atom is 0.325 e. The first-order valence-corrected chi connectivity index (χ1v) is 8.24. The summed E-state index contributed by atoms with van der Waals surface area (Å²) in [4.78, 5) is 42.1. The highest BCUT2D eigenvalue weighted by Crippen LogP contribution is 2.30. The normalized spacial score (nSPS) is 17.2. The Kier molecular flexibility index (Phi) is 3.75. The van der Waals surface area contributed by atoms with Crippen LogP contribution in [0.5, 0.6) is 0 Å². The van der Waals surface area contributed by atoms with Gasteiger partial charge < -0.3 is 14.3 Å². The van der Waals surface area contributed by atoms with Crippen LogP contribution < -0.4 is 11.2 Å². The lowest BCUT2D eigenvalue weighted by Gasteiger charge is -2.15. The van der Waals surface area contributed by atoms with Gasteiger partial charge in [-0.25, -0.2) is 9.18 Å². The molecule has 0 spiro atoms. The van der Waals surface area contributed by atoms with E-state index in [1.54, 1.807) is 11.8 Å². The van der Waals surface area contributed by atoms with E-state index < -0.39 is 11.2 Å². The molecule has 2 N–H and O–H groups in total. The van der Waals surface area contributed by atoms with E-state index in [1.165, 1.54) is 24.3 Å². The maximum absolute atomic E-state index is 13.4. The Hall–Kier alpha value is -3.16. The Bertz CT molecular complexity index is 1100. The molecule has 2 aromatic heterocycles. The highest BCUT2D eigenvalue weighted by atomic mass is 19.1. The van der Waals surface area contributed by atoms with E-state index in [0.717, 1.165) is 0 Å². The van der Waals surface area contributed by atoms with Crippen molar-refractivity contribution in [3.63, 3.8) is 0 Å². The van der Waals surface area contributed by atoms with Crippen molar-refractivity contribution in [1.29, 1.82) is 0 Å². The predicted octanol–water partition coefficient (Wildman–Crippen LogP) is 1.89. The number of aromatic amines is 2. The zero-order valence-electron chi connectivity index (χ0n) is 14.0. The highest BCUT2D eigenvalue weighted by molar-refractivity contribution is 5.99. The van der Waals surface area contributed by atoms with Gasteiger partial charge in [0.25, 0.3) is 11.5 Å². The minimum atomic E-state index is -0.563. The number of amides is 1.